The van der Waals surface area contributed by atoms with Crippen LogP contribution in [0.3, 0.4) is 0 Å². The van der Waals surface area contributed by atoms with Gasteiger partial charge in [-0.25, -0.2) is 9.97 Å². The van der Waals surface area contributed by atoms with Gasteiger partial charge in [0.25, 0.3) is 0 Å². The number of aromatic amines is 1. The van der Waals surface area contributed by atoms with Gasteiger partial charge in [0.15, 0.2) is 0 Å². The first-order valence-electron chi connectivity index (χ1n) is 6.20. The van der Waals surface area contributed by atoms with Crippen molar-refractivity contribution in [3.63, 3.8) is 0 Å². The van der Waals surface area contributed by atoms with Gasteiger partial charge in [0.05, 0.1) is 11.5 Å². The Morgan fingerprint density at radius 2 is 2.20 bits per heavy atom. The molecule has 2 rings (SSSR count). The molecule has 2 aromatic heterocycles. The predicted molar refractivity (Wildman–Crippen MR) is 73.5 cm³/mol. The van der Waals surface area contributed by atoms with E-state index < -0.39 is 0 Å². The van der Waals surface area contributed by atoms with E-state index in [1.807, 2.05) is 26.0 Å². The van der Waals surface area contributed by atoms with Gasteiger partial charge in [-0.15, -0.1) is 0 Å². The number of nitrogens with one attached hydrogen (secondary N) is 1. The van der Waals surface area contributed by atoms with Gasteiger partial charge in [0.1, 0.15) is 29.7 Å². The maximum Gasteiger partial charge on any atom is 0.226 e. The number of ether oxygens (including phenoxy) is 1. The number of H-pyrrole nitrogens is 1. The van der Waals surface area contributed by atoms with Crippen LogP contribution in [0.4, 0.5) is 0 Å². The quantitative estimate of drug-likeness (QED) is 0.858. The average molecular weight is 267 g/mol. The Morgan fingerprint density at radius 1 is 1.45 bits per heavy atom. The smallest absolute Gasteiger partial charge is 0.226 e. The maximum atomic E-state index is 8.84. The second-order valence-electron chi connectivity index (χ2n) is 4.26. The normalized spacial score (nSPS) is 11.4. The lowest BCUT2D eigenvalue weighted by atomic mass is 10.1. The van der Waals surface area contributed by atoms with Crippen molar-refractivity contribution in [2.75, 3.05) is 0 Å². The number of nitriles is 2. The van der Waals surface area contributed by atoms with Crippen molar-refractivity contribution < 1.29 is 4.74 Å². The summed E-state index contributed by atoms with van der Waals surface area (Å²) < 4.78 is 5.76. The van der Waals surface area contributed by atoms with Crippen LogP contribution in [-0.2, 0) is 0 Å². The minimum Gasteiger partial charge on any atom is -0.474 e. The molecule has 0 aromatic carbocycles. The van der Waals surface area contributed by atoms with Gasteiger partial charge in [-0.05, 0) is 19.4 Å². The summed E-state index contributed by atoms with van der Waals surface area (Å²) in [4.78, 5) is 11.2. The van der Waals surface area contributed by atoms with Crippen molar-refractivity contribution in [3.8, 4) is 18.0 Å². The summed E-state index contributed by atoms with van der Waals surface area (Å²) in [6.07, 6.45) is 5.46. The zero-order chi connectivity index (χ0) is 14.5. The molecular weight excluding hydrogens is 254 g/mol. The zero-order valence-corrected chi connectivity index (χ0v) is 11.2. The summed E-state index contributed by atoms with van der Waals surface area (Å²) in [5.74, 6) is 0.451. The van der Waals surface area contributed by atoms with Crippen LogP contribution in [-0.4, -0.2) is 21.1 Å². The molecule has 0 aliphatic carbocycles. The molecule has 0 bridgehead atoms. The summed E-state index contributed by atoms with van der Waals surface area (Å²) in [6.45, 7) is 3.97. The number of rotatable bonds is 4. The largest absolute Gasteiger partial charge is 0.474 e. The Morgan fingerprint density at radius 3 is 2.85 bits per heavy atom. The molecule has 100 valence electrons. The van der Waals surface area contributed by atoms with Gasteiger partial charge in [0, 0.05) is 11.8 Å². The molecule has 2 heterocycles. The van der Waals surface area contributed by atoms with E-state index in [4.69, 9.17) is 15.3 Å². The van der Waals surface area contributed by atoms with E-state index in [2.05, 4.69) is 15.0 Å². The molecule has 0 aliphatic heterocycles. The van der Waals surface area contributed by atoms with Gasteiger partial charge in [-0.1, -0.05) is 6.92 Å². The lowest BCUT2D eigenvalue weighted by molar-refractivity contribution is 0.211. The molecule has 1 atom stereocenters. The molecular formula is C14H13N5O. The Balaban J connectivity index is 2.56. The number of aromatic nitrogens is 3. The van der Waals surface area contributed by atoms with E-state index >= 15 is 0 Å². The maximum absolute atomic E-state index is 8.84. The van der Waals surface area contributed by atoms with E-state index in [1.165, 1.54) is 12.4 Å². The Kier molecular flexibility index (Phi) is 3.97. The molecule has 0 fully saturated rings. The lowest BCUT2D eigenvalue weighted by Gasteiger charge is -2.12. The molecule has 0 spiro atoms. The average Bonchev–Trinajstić information content (AvgIpc) is 2.88. The fourth-order valence-electron chi connectivity index (χ4n) is 1.68. The number of hydrogen-bond acceptors (Lipinski definition) is 5. The molecule has 2 aromatic rings. The highest BCUT2D eigenvalue weighted by molar-refractivity contribution is 5.91. The first-order chi connectivity index (χ1) is 9.69. The van der Waals surface area contributed by atoms with Crippen LogP contribution in [0.15, 0.2) is 18.1 Å². The monoisotopic (exact) mass is 267 g/mol. The van der Waals surface area contributed by atoms with Gasteiger partial charge in [-0.3, -0.25) is 0 Å². The summed E-state index contributed by atoms with van der Waals surface area (Å²) >= 11 is 0. The first kappa shape index (κ1) is 13.6. The number of hydrogen-bond donors (Lipinski definition) is 1. The molecule has 0 saturated heterocycles. The van der Waals surface area contributed by atoms with Crippen molar-refractivity contribution in [3.05, 3.63) is 23.7 Å². The summed E-state index contributed by atoms with van der Waals surface area (Å²) in [5.41, 5.74) is 1.29. The Bertz CT molecular complexity index is 716. The highest BCUT2D eigenvalue weighted by Gasteiger charge is 2.13. The fraction of sp³-hybridized carbons (Fsp3) is 0.286. The van der Waals surface area contributed by atoms with Crippen LogP contribution in [0.1, 0.15) is 25.8 Å². The second kappa shape index (κ2) is 5.85. The van der Waals surface area contributed by atoms with Crippen molar-refractivity contribution in [1.82, 2.24) is 15.0 Å². The number of fused-ring (bicyclic) bond motifs is 1. The highest BCUT2D eigenvalue weighted by atomic mass is 16.5. The third-order valence-corrected chi connectivity index (χ3v) is 2.89. The minimum atomic E-state index is 0.0178. The number of nitrogens with zero attached hydrogens (tertiary/aromatic N) is 4. The van der Waals surface area contributed by atoms with Crippen molar-refractivity contribution in [2.24, 2.45) is 0 Å². The van der Waals surface area contributed by atoms with E-state index in [0.29, 0.717) is 22.5 Å². The summed E-state index contributed by atoms with van der Waals surface area (Å²) in [5, 5.41) is 18.3. The molecule has 1 unspecified atom stereocenters. The molecule has 0 radical (unpaired) electrons. The molecule has 1 N–H and O–H groups in total. The standard InChI is InChI=1S/C14H13N5O/c1-3-9(2)20-14-12-11(4-10(5-15)6-16)7-17-13(12)18-8-19-14/h4,7-9H,3H2,1-2H3,(H,17,18,19). The predicted octanol–water partition coefficient (Wildman–Crippen LogP) is 2.57. The van der Waals surface area contributed by atoms with Crippen LogP contribution in [0, 0.1) is 22.7 Å². The summed E-state index contributed by atoms with van der Waals surface area (Å²) in [7, 11) is 0. The molecule has 0 aliphatic rings. The zero-order valence-electron chi connectivity index (χ0n) is 11.2. The van der Waals surface area contributed by atoms with Crippen LogP contribution in [0.5, 0.6) is 5.88 Å². The van der Waals surface area contributed by atoms with Crippen molar-refractivity contribution in [2.45, 2.75) is 26.4 Å². The van der Waals surface area contributed by atoms with E-state index in [1.54, 1.807) is 6.20 Å². The van der Waals surface area contributed by atoms with Crippen LogP contribution >= 0.6 is 0 Å². The minimum absolute atomic E-state index is 0.0178. The van der Waals surface area contributed by atoms with E-state index in [0.717, 1.165) is 6.42 Å². The van der Waals surface area contributed by atoms with Gasteiger partial charge in [0.2, 0.25) is 5.88 Å². The second-order valence-corrected chi connectivity index (χ2v) is 4.26. The molecule has 6 nitrogen and oxygen atoms in total. The Hall–Kier alpha value is -2.86. The topological polar surface area (TPSA) is 98.4 Å². The van der Waals surface area contributed by atoms with Crippen LogP contribution in [0.2, 0.25) is 0 Å². The van der Waals surface area contributed by atoms with E-state index in [-0.39, 0.29) is 11.7 Å². The molecule has 0 saturated carbocycles. The molecule has 0 amide bonds. The lowest BCUT2D eigenvalue weighted by Crippen LogP contribution is -2.11. The Labute approximate surface area is 116 Å². The number of allylic oxidation sites excluding steroid dienone is 1. The van der Waals surface area contributed by atoms with Gasteiger partial charge >= 0.3 is 0 Å². The molecule has 20 heavy (non-hydrogen) atoms. The SMILES string of the molecule is CCC(C)Oc1ncnc2[nH]cc(C=C(C#N)C#N)c12. The fourth-order valence-corrected chi connectivity index (χ4v) is 1.68. The van der Waals surface area contributed by atoms with Crippen LogP contribution < -0.4 is 4.74 Å². The van der Waals surface area contributed by atoms with E-state index in [9.17, 15) is 0 Å². The van der Waals surface area contributed by atoms with Gasteiger partial charge in [-0.2, -0.15) is 10.5 Å². The van der Waals surface area contributed by atoms with Crippen molar-refractivity contribution in [1.29, 1.82) is 10.5 Å². The summed E-state index contributed by atoms with van der Waals surface area (Å²) in [6, 6.07) is 3.66. The third kappa shape index (κ3) is 2.60. The third-order valence-electron chi connectivity index (χ3n) is 2.89. The van der Waals surface area contributed by atoms with Crippen LogP contribution in [0.25, 0.3) is 17.1 Å². The van der Waals surface area contributed by atoms with Crippen molar-refractivity contribution >= 4 is 17.1 Å². The van der Waals surface area contributed by atoms with Gasteiger partial charge < -0.3 is 9.72 Å². The molecule has 6 heteroatoms. The first-order valence-corrected chi connectivity index (χ1v) is 6.20. The highest BCUT2D eigenvalue weighted by Crippen LogP contribution is 2.27.